The van der Waals surface area contributed by atoms with Gasteiger partial charge < -0.3 is 0 Å². The monoisotopic (exact) mass is 338 g/mol. The Labute approximate surface area is 151 Å². The topological polar surface area (TPSA) is 41.1 Å². The predicted octanol–water partition coefficient (Wildman–Crippen LogP) is 5.91. The molecule has 0 fully saturated rings. The number of amides is 1. The normalized spacial score (nSPS) is 11.5. The number of hydrazine groups is 1. The maximum absolute atomic E-state index is 12.1. The highest BCUT2D eigenvalue weighted by Crippen LogP contribution is 2.31. The van der Waals surface area contributed by atoms with Crippen LogP contribution in [0.15, 0.2) is 12.2 Å². The Bertz CT molecular complexity index is 337. The molecule has 1 amide bonds. The smallest absolute Gasteiger partial charge is 0.261 e. The summed E-state index contributed by atoms with van der Waals surface area (Å²) in [6, 6.07) is 0. The van der Waals surface area contributed by atoms with Crippen LogP contribution in [0.2, 0.25) is 0 Å². The Kier molecular flexibility index (Phi) is 14.0. The molecule has 3 heteroatoms. The van der Waals surface area contributed by atoms with Crippen LogP contribution in [0, 0.1) is 5.41 Å². The maximum atomic E-state index is 12.1. The Hall–Kier alpha value is -0.830. The summed E-state index contributed by atoms with van der Waals surface area (Å²) >= 11 is 0. The van der Waals surface area contributed by atoms with E-state index in [4.69, 9.17) is 0 Å². The fraction of sp³-hybridized carbons (Fsp3) is 0.857. The van der Waals surface area contributed by atoms with E-state index in [-0.39, 0.29) is 11.3 Å². The molecule has 0 saturated carbocycles. The van der Waals surface area contributed by atoms with E-state index in [9.17, 15) is 4.79 Å². The van der Waals surface area contributed by atoms with E-state index in [0.717, 1.165) is 19.4 Å². The van der Waals surface area contributed by atoms with Gasteiger partial charge in [0.1, 0.15) is 0 Å². The number of nitrogens with one attached hydrogen (secondary N) is 2. The average Bonchev–Trinajstić information content (AvgIpc) is 2.56. The van der Waals surface area contributed by atoms with E-state index in [1.165, 1.54) is 64.2 Å². The highest BCUT2D eigenvalue weighted by molar-refractivity contribution is 5.93. The first-order chi connectivity index (χ1) is 11.5. The first-order valence-corrected chi connectivity index (χ1v) is 10.2. The van der Waals surface area contributed by atoms with Crippen molar-refractivity contribution in [3.05, 3.63) is 12.2 Å². The minimum Gasteiger partial charge on any atom is -0.288 e. The Balaban J connectivity index is 3.72. The molecule has 142 valence electrons. The lowest BCUT2D eigenvalue weighted by Gasteiger charge is -2.26. The molecule has 0 bridgehead atoms. The summed E-state index contributed by atoms with van der Waals surface area (Å²) in [5.74, 6) is -0.0690. The summed E-state index contributed by atoms with van der Waals surface area (Å²) in [5.41, 5.74) is 6.23. The highest BCUT2D eigenvalue weighted by Gasteiger charge is 2.26. The third-order valence-electron chi connectivity index (χ3n) is 4.82. The fourth-order valence-corrected chi connectivity index (χ4v) is 2.86. The van der Waals surface area contributed by atoms with Crippen LogP contribution in [0.1, 0.15) is 105 Å². The second-order valence-corrected chi connectivity index (χ2v) is 7.68. The van der Waals surface area contributed by atoms with E-state index >= 15 is 0 Å². The summed E-state index contributed by atoms with van der Waals surface area (Å²) in [6.07, 6.45) is 15.4. The van der Waals surface area contributed by atoms with E-state index in [0.29, 0.717) is 5.57 Å². The molecular formula is C21H42N2O. The molecule has 0 aliphatic heterocycles. The third kappa shape index (κ3) is 11.7. The Morgan fingerprint density at radius 2 is 1.33 bits per heavy atom. The van der Waals surface area contributed by atoms with Gasteiger partial charge in [0.25, 0.3) is 5.91 Å². The van der Waals surface area contributed by atoms with Crippen LogP contribution in [0.4, 0.5) is 0 Å². The minimum absolute atomic E-state index is 0.0690. The van der Waals surface area contributed by atoms with Gasteiger partial charge in [-0.25, -0.2) is 5.43 Å². The van der Waals surface area contributed by atoms with Gasteiger partial charge in [-0.15, -0.1) is 0 Å². The van der Waals surface area contributed by atoms with Gasteiger partial charge in [-0.1, -0.05) is 98.5 Å². The van der Waals surface area contributed by atoms with Crippen LogP contribution >= 0.6 is 0 Å². The molecule has 0 aromatic rings. The maximum Gasteiger partial charge on any atom is 0.261 e. The van der Waals surface area contributed by atoms with Crippen molar-refractivity contribution in [2.75, 3.05) is 6.54 Å². The number of carbonyl (C=O) groups is 1. The SMILES string of the molecule is C=C(C(=O)NNCCC)C(C)(C)CCCCCCCCCCCC. The molecule has 0 atom stereocenters. The van der Waals surface area contributed by atoms with Gasteiger partial charge in [-0.05, 0) is 18.3 Å². The zero-order chi connectivity index (χ0) is 18.3. The minimum atomic E-state index is -0.127. The molecule has 0 radical (unpaired) electrons. The molecule has 2 N–H and O–H groups in total. The second kappa shape index (κ2) is 14.5. The molecule has 0 saturated heterocycles. The zero-order valence-electron chi connectivity index (χ0n) is 16.8. The van der Waals surface area contributed by atoms with E-state index < -0.39 is 0 Å². The molecule has 0 rings (SSSR count). The van der Waals surface area contributed by atoms with Gasteiger partial charge in [0.05, 0.1) is 0 Å². The number of carbonyl (C=O) groups excluding carboxylic acids is 1. The molecule has 0 unspecified atom stereocenters. The van der Waals surface area contributed by atoms with Crippen molar-refractivity contribution >= 4 is 5.91 Å². The molecule has 0 aromatic heterocycles. The number of unbranched alkanes of at least 4 members (excludes halogenated alkanes) is 9. The quantitative estimate of drug-likeness (QED) is 0.209. The van der Waals surface area contributed by atoms with E-state index in [1.807, 2.05) is 0 Å². The summed E-state index contributed by atoms with van der Waals surface area (Å²) in [5, 5.41) is 0. The van der Waals surface area contributed by atoms with E-state index in [2.05, 4.69) is 45.1 Å². The van der Waals surface area contributed by atoms with Crippen molar-refractivity contribution in [1.29, 1.82) is 0 Å². The van der Waals surface area contributed by atoms with Crippen LogP contribution in [0.5, 0.6) is 0 Å². The van der Waals surface area contributed by atoms with Crippen molar-refractivity contribution in [3.8, 4) is 0 Å². The van der Waals surface area contributed by atoms with Crippen molar-refractivity contribution in [1.82, 2.24) is 10.9 Å². The molecule has 3 nitrogen and oxygen atoms in total. The first kappa shape index (κ1) is 23.2. The van der Waals surface area contributed by atoms with Crippen LogP contribution in [0.25, 0.3) is 0 Å². The lowest BCUT2D eigenvalue weighted by molar-refractivity contribution is -0.119. The number of rotatable bonds is 16. The van der Waals surface area contributed by atoms with Crippen LogP contribution < -0.4 is 10.9 Å². The van der Waals surface area contributed by atoms with Crippen LogP contribution in [0.3, 0.4) is 0 Å². The van der Waals surface area contributed by atoms with Crippen LogP contribution in [-0.2, 0) is 4.79 Å². The van der Waals surface area contributed by atoms with Crippen molar-refractivity contribution < 1.29 is 4.79 Å². The summed E-state index contributed by atoms with van der Waals surface area (Å²) < 4.78 is 0. The Morgan fingerprint density at radius 3 is 1.83 bits per heavy atom. The third-order valence-corrected chi connectivity index (χ3v) is 4.82. The fourth-order valence-electron chi connectivity index (χ4n) is 2.86. The summed E-state index contributed by atoms with van der Waals surface area (Å²) in [6.45, 7) is 13.4. The molecule has 0 aliphatic carbocycles. The molecular weight excluding hydrogens is 296 g/mol. The van der Waals surface area contributed by atoms with Gasteiger partial charge in [-0.3, -0.25) is 10.2 Å². The zero-order valence-corrected chi connectivity index (χ0v) is 16.8. The summed E-state index contributed by atoms with van der Waals surface area (Å²) in [7, 11) is 0. The molecule has 0 aliphatic rings. The molecule has 24 heavy (non-hydrogen) atoms. The molecule has 0 heterocycles. The lowest BCUT2D eigenvalue weighted by Crippen LogP contribution is -2.41. The number of hydrogen-bond donors (Lipinski definition) is 2. The van der Waals surface area contributed by atoms with Crippen molar-refractivity contribution in [2.24, 2.45) is 5.41 Å². The number of hydrogen-bond acceptors (Lipinski definition) is 2. The predicted molar refractivity (Wildman–Crippen MR) is 106 cm³/mol. The van der Waals surface area contributed by atoms with Crippen LogP contribution in [-0.4, -0.2) is 12.5 Å². The highest BCUT2D eigenvalue weighted by atomic mass is 16.2. The van der Waals surface area contributed by atoms with Gasteiger partial charge >= 0.3 is 0 Å². The first-order valence-electron chi connectivity index (χ1n) is 10.2. The van der Waals surface area contributed by atoms with Gasteiger partial charge in [0.15, 0.2) is 0 Å². The van der Waals surface area contributed by atoms with Gasteiger partial charge in [0.2, 0.25) is 0 Å². The van der Waals surface area contributed by atoms with Gasteiger partial charge in [0, 0.05) is 12.1 Å². The average molecular weight is 339 g/mol. The Morgan fingerprint density at radius 1 is 0.833 bits per heavy atom. The standard InChI is InChI=1S/C21H42N2O/c1-6-8-9-10-11-12-13-14-15-16-17-21(4,5)19(3)20(24)23-22-18-7-2/h22H,3,6-18H2,1-2,4-5H3,(H,23,24). The second-order valence-electron chi connectivity index (χ2n) is 7.68. The molecule has 0 aromatic carbocycles. The summed E-state index contributed by atoms with van der Waals surface area (Å²) in [4.78, 5) is 12.1. The van der Waals surface area contributed by atoms with E-state index in [1.54, 1.807) is 0 Å². The van der Waals surface area contributed by atoms with Crippen molar-refractivity contribution in [3.63, 3.8) is 0 Å². The largest absolute Gasteiger partial charge is 0.288 e. The van der Waals surface area contributed by atoms with Crippen molar-refractivity contribution in [2.45, 2.75) is 105 Å². The van der Waals surface area contributed by atoms with Gasteiger partial charge in [-0.2, -0.15) is 0 Å². The molecule has 0 spiro atoms. The lowest BCUT2D eigenvalue weighted by atomic mass is 9.80.